The number of carbonyl (C=O) groups excluding carboxylic acids is 2. The Hall–Kier alpha value is -3.48. The van der Waals surface area contributed by atoms with E-state index in [1.165, 1.54) is 62.9 Å². The molecule has 3 aromatic carbocycles. The SMILES string of the molecule is CCCCCCCCCCCCOc1ccc(C(=O)Oc2ccc([C@]3(C)CC[C@@](C)(c4ccc(C=O)cc4)N3[O])cc2)cc1. The van der Waals surface area contributed by atoms with Gasteiger partial charge >= 0.3 is 5.97 Å². The first-order valence-corrected chi connectivity index (χ1v) is 16.4. The molecule has 1 radical (unpaired) electrons. The Morgan fingerprint density at radius 1 is 0.705 bits per heavy atom. The van der Waals surface area contributed by atoms with Crippen molar-refractivity contribution in [3.8, 4) is 11.5 Å². The maximum absolute atomic E-state index is 13.7. The molecule has 0 saturated carbocycles. The first-order chi connectivity index (χ1) is 21.3. The van der Waals surface area contributed by atoms with E-state index in [1.54, 1.807) is 36.4 Å². The molecule has 0 amide bonds. The maximum atomic E-state index is 13.7. The molecule has 44 heavy (non-hydrogen) atoms. The lowest BCUT2D eigenvalue weighted by Gasteiger charge is -2.37. The van der Waals surface area contributed by atoms with Crippen LogP contribution in [0.15, 0.2) is 72.8 Å². The molecule has 1 fully saturated rings. The highest BCUT2D eigenvalue weighted by Gasteiger charge is 2.52. The Balaban J connectivity index is 1.22. The number of esters is 1. The minimum atomic E-state index is -0.732. The fourth-order valence-electron chi connectivity index (χ4n) is 6.19. The number of hydrogen-bond donors (Lipinski definition) is 0. The van der Waals surface area contributed by atoms with Crippen LogP contribution in [0.25, 0.3) is 0 Å². The number of hydrogen-bond acceptors (Lipinski definition) is 5. The van der Waals surface area contributed by atoms with Crippen molar-refractivity contribution in [1.82, 2.24) is 5.06 Å². The standard InChI is InChI=1S/C38H48NO5/c1-4-5-6-7-8-9-10-11-12-13-28-43-34-22-16-31(17-23-34)36(41)44-35-24-20-33(21-25-35)38(3)27-26-37(2,39(38)42)32-18-14-30(29-40)15-19-32/h14-25,29H,4-13,26-28H2,1-3H3/t37-,38-/m0/s1. The van der Waals surface area contributed by atoms with Gasteiger partial charge in [-0.25, -0.2) is 4.79 Å². The average molecular weight is 599 g/mol. The predicted molar refractivity (Wildman–Crippen MR) is 173 cm³/mol. The smallest absolute Gasteiger partial charge is 0.343 e. The second-order valence-electron chi connectivity index (χ2n) is 12.6. The number of hydroxylamine groups is 2. The molecule has 2 atom stereocenters. The van der Waals surface area contributed by atoms with E-state index in [4.69, 9.17) is 9.47 Å². The molecule has 6 heteroatoms. The van der Waals surface area contributed by atoms with E-state index in [0.29, 0.717) is 36.3 Å². The Labute approximate surface area is 263 Å². The first-order valence-electron chi connectivity index (χ1n) is 16.4. The Morgan fingerprint density at radius 2 is 1.18 bits per heavy atom. The van der Waals surface area contributed by atoms with E-state index in [2.05, 4.69) is 6.92 Å². The highest BCUT2D eigenvalue weighted by Crippen LogP contribution is 2.51. The molecule has 1 aliphatic heterocycles. The van der Waals surface area contributed by atoms with Crippen molar-refractivity contribution < 1.29 is 24.3 Å². The minimum absolute atomic E-state index is 0.422. The van der Waals surface area contributed by atoms with Gasteiger partial charge in [0.25, 0.3) is 0 Å². The van der Waals surface area contributed by atoms with Crippen LogP contribution in [0.5, 0.6) is 11.5 Å². The van der Waals surface area contributed by atoms with Crippen LogP contribution in [0.4, 0.5) is 0 Å². The number of unbranched alkanes of at least 4 members (excludes halogenated alkanes) is 9. The summed E-state index contributed by atoms with van der Waals surface area (Å²) in [5.41, 5.74) is 1.36. The zero-order valence-electron chi connectivity index (χ0n) is 26.7. The molecule has 1 heterocycles. The molecule has 0 bridgehead atoms. The Bertz CT molecular complexity index is 1320. The monoisotopic (exact) mass is 598 g/mol. The van der Waals surface area contributed by atoms with Gasteiger partial charge in [-0.05, 0) is 80.6 Å². The summed E-state index contributed by atoms with van der Waals surface area (Å²) < 4.78 is 11.5. The van der Waals surface area contributed by atoms with Crippen molar-refractivity contribution >= 4 is 12.3 Å². The van der Waals surface area contributed by atoms with Gasteiger partial charge in [0, 0.05) is 5.56 Å². The van der Waals surface area contributed by atoms with E-state index in [0.717, 1.165) is 29.6 Å². The third-order valence-electron chi connectivity index (χ3n) is 9.21. The lowest BCUT2D eigenvalue weighted by atomic mass is 9.89. The van der Waals surface area contributed by atoms with Gasteiger partial charge < -0.3 is 9.47 Å². The summed E-state index contributed by atoms with van der Waals surface area (Å²) in [6.07, 6.45) is 15.0. The molecule has 0 aromatic heterocycles. The summed E-state index contributed by atoms with van der Waals surface area (Å²) in [6, 6.07) is 21.5. The van der Waals surface area contributed by atoms with Crippen molar-refractivity contribution in [2.24, 2.45) is 0 Å². The van der Waals surface area contributed by atoms with Crippen LogP contribution in [0, 0.1) is 0 Å². The second kappa shape index (κ2) is 16.0. The second-order valence-corrected chi connectivity index (χ2v) is 12.6. The quantitative estimate of drug-likeness (QED) is 0.0669. The van der Waals surface area contributed by atoms with Crippen molar-refractivity contribution in [2.75, 3.05) is 6.61 Å². The highest BCUT2D eigenvalue weighted by molar-refractivity contribution is 5.91. The summed E-state index contributed by atoms with van der Waals surface area (Å²) in [4.78, 5) is 23.8. The van der Waals surface area contributed by atoms with E-state index in [1.807, 2.05) is 50.2 Å². The number of benzene rings is 3. The molecule has 235 valence electrons. The zero-order valence-corrected chi connectivity index (χ0v) is 26.7. The summed E-state index contributed by atoms with van der Waals surface area (Å²) >= 11 is 0. The Morgan fingerprint density at radius 3 is 1.70 bits per heavy atom. The van der Waals surface area contributed by atoms with E-state index < -0.39 is 17.0 Å². The van der Waals surface area contributed by atoms with Gasteiger partial charge in [-0.2, -0.15) is 0 Å². The van der Waals surface area contributed by atoms with E-state index in [-0.39, 0.29) is 0 Å². The van der Waals surface area contributed by atoms with Gasteiger partial charge in [-0.1, -0.05) is 101 Å². The maximum Gasteiger partial charge on any atom is 0.343 e. The van der Waals surface area contributed by atoms with E-state index in [9.17, 15) is 14.8 Å². The average Bonchev–Trinajstić information content (AvgIpc) is 3.30. The highest BCUT2D eigenvalue weighted by atomic mass is 16.5. The molecule has 0 N–H and O–H groups in total. The molecule has 3 aromatic rings. The van der Waals surface area contributed by atoms with Crippen molar-refractivity contribution in [3.63, 3.8) is 0 Å². The van der Waals surface area contributed by atoms with Crippen molar-refractivity contribution in [1.29, 1.82) is 0 Å². The van der Waals surface area contributed by atoms with Crippen LogP contribution in [0.1, 0.15) is 130 Å². The third kappa shape index (κ3) is 8.36. The van der Waals surface area contributed by atoms with Crippen LogP contribution >= 0.6 is 0 Å². The topological polar surface area (TPSA) is 75.7 Å². The molecule has 1 saturated heterocycles. The summed E-state index contributed by atoms with van der Waals surface area (Å²) in [6.45, 7) is 6.83. The van der Waals surface area contributed by atoms with Crippen LogP contribution in [-0.4, -0.2) is 23.9 Å². The summed E-state index contributed by atoms with van der Waals surface area (Å²) in [5.74, 6) is 0.731. The number of ether oxygens (including phenoxy) is 2. The van der Waals surface area contributed by atoms with Crippen LogP contribution in [-0.2, 0) is 16.3 Å². The number of nitrogens with zero attached hydrogens (tertiary/aromatic N) is 1. The lowest BCUT2D eigenvalue weighted by molar-refractivity contribution is -0.260. The fourth-order valence-corrected chi connectivity index (χ4v) is 6.19. The summed E-state index contributed by atoms with van der Waals surface area (Å²) in [7, 11) is 0. The molecule has 1 aliphatic rings. The van der Waals surface area contributed by atoms with Crippen LogP contribution in [0.2, 0.25) is 0 Å². The predicted octanol–water partition coefficient (Wildman–Crippen LogP) is 9.59. The molecule has 0 unspecified atom stereocenters. The zero-order chi connectivity index (χ0) is 31.4. The van der Waals surface area contributed by atoms with Crippen molar-refractivity contribution in [2.45, 2.75) is 109 Å². The van der Waals surface area contributed by atoms with Gasteiger partial charge in [0.1, 0.15) is 17.8 Å². The summed E-state index contributed by atoms with van der Waals surface area (Å²) in [5, 5.41) is 14.9. The first kappa shape index (κ1) is 33.4. The molecular weight excluding hydrogens is 550 g/mol. The number of aldehydes is 1. The van der Waals surface area contributed by atoms with Gasteiger partial charge in [0.05, 0.1) is 23.2 Å². The molecule has 0 aliphatic carbocycles. The Kier molecular flexibility index (Phi) is 12.2. The number of rotatable bonds is 17. The largest absolute Gasteiger partial charge is 0.494 e. The van der Waals surface area contributed by atoms with E-state index >= 15 is 0 Å². The molecule has 6 nitrogen and oxygen atoms in total. The van der Waals surface area contributed by atoms with Crippen LogP contribution < -0.4 is 9.47 Å². The molecular formula is C38H48NO5. The van der Waals surface area contributed by atoms with Crippen LogP contribution in [0.3, 0.4) is 0 Å². The molecule has 4 rings (SSSR count). The number of carbonyl (C=O) groups is 2. The van der Waals surface area contributed by atoms with Gasteiger partial charge in [-0.15, -0.1) is 10.3 Å². The van der Waals surface area contributed by atoms with Gasteiger partial charge in [0.15, 0.2) is 0 Å². The minimum Gasteiger partial charge on any atom is -0.494 e. The van der Waals surface area contributed by atoms with Crippen molar-refractivity contribution in [3.05, 3.63) is 95.1 Å². The van der Waals surface area contributed by atoms with Gasteiger partial charge in [0.2, 0.25) is 0 Å². The van der Waals surface area contributed by atoms with Gasteiger partial charge in [-0.3, -0.25) is 4.79 Å². The third-order valence-corrected chi connectivity index (χ3v) is 9.21. The molecule has 0 spiro atoms. The normalized spacial score (nSPS) is 20.0. The fraction of sp³-hybridized carbons (Fsp3) is 0.474. The lowest BCUT2D eigenvalue weighted by Crippen LogP contribution is -2.44.